The summed E-state index contributed by atoms with van der Waals surface area (Å²) < 4.78 is 2.37. The number of aliphatic carboxylic acids is 2. The highest BCUT2D eigenvalue weighted by atomic mass is 16.4. The summed E-state index contributed by atoms with van der Waals surface area (Å²) in [7, 11) is 0. The predicted octanol–water partition coefficient (Wildman–Crippen LogP) is 9.86. The Balaban J connectivity index is 1.95. The van der Waals surface area contributed by atoms with E-state index < -0.39 is 11.9 Å². The molecule has 5 heterocycles. The first kappa shape index (κ1) is 34.4. The van der Waals surface area contributed by atoms with Crippen molar-refractivity contribution in [3.63, 3.8) is 0 Å². The van der Waals surface area contributed by atoms with Crippen molar-refractivity contribution in [2.24, 2.45) is 0 Å². The van der Waals surface area contributed by atoms with Gasteiger partial charge in [-0.3, -0.25) is 9.59 Å². The number of H-pyrrole nitrogens is 1. The molecular weight excluding hydrogens is 600 g/mol. The first-order valence-electron chi connectivity index (χ1n) is 16.8. The van der Waals surface area contributed by atoms with Crippen LogP contribution in [0.1, 0.15) is 117 Å². The number of nitrogens with one attached hydrogen (secondary N) is 1. The summed E-state index contributed by atoms with van der Waals surface area (Å²) in [5.74, 6) is -1.76. The van der Waals surface area contributed by atoms with Gasteiger partial charge in [-0.1, -0.05) is 51.5 Å². The number of carboxylic acids is 2. The summed E-state index contributed by atoms with van der Waals surface area (Å²) in [6, 6.07) is 8.23. The van der Waals surface area contributed by atoms with E-state index in [2.05, 4.69) is 55.6 Å². The fourth-order valence-corrected chi connectivity index (χ4v) is 6.92. The SMILES string of the molecule is C=Cc1c(C)c2cc3c(C=C)c(C)c(cc4nc(cc5nc(cc1[nH]2)C(C)=C5CCC(=O)O)C(CCC(=O)O)=C4C)n3CCCCCC. The van der Waals surface area contributed by atoms with Crippen molar-refractivity contribution in [3.05, 3.63) is 82.5 Å². The first-order valence-corrected chi connectivity index (χ1v) is 16.8. The van der Waals surface area contributed by atoms with Crippen molar-refractivity contribution in [2.75, 3.05) is 0 Å². The van der Waals surface area contributed by atoms with Crippen LogP contribution < -0.4 is 0 Å². The van der Waals surface area contributed by atoms with Gasteiger partial charge in [0.1, 0.15) is 0 Å². The van der Waals surface area contributed by atoms with E-state index in [1.807, 2.05) is 38.1 Å². The smallest absolute Gasteiger partial charge is 0.303 e. The molecule has 5 rings (SSSR count). The molecule has 0 saturated heterocycles. The van der Waals surface area contributed by atoms with E-state index in [1.54, 1.807) is 0 Å². The molecule has 0 fully saturated rings. The van der Waals surface area contributed by atoms with Crippen LogP contribution in [0.3, 0.4) is 0 Å². The Morgan fingerprint density at radius 3 is 1.85 bits per heavy atom. The molecule has 0 aromatic carbocycles. The van der Waals surface area contributed by atoms with Crippen LogP contribution in [0.2, 0.25) is 0 Å². The summed E-state index contributed by atoms with van der Waals surface area (Å²) in [4.78, 5) is 37.1. The number of fused-ring (bicyclic) bond motifs is 8. The number of hydrogen-bond acceptors (Lipinski definition) is 4. The highest BCUT2D eigenvalue weighted by Crippen LogP contribution is 2.38. The van der Waals surface area contributed by atoms with Crippen molar-refractivity contribution in [1.29, 1.82) is 0 Å². The van der Waals surface area contributed by atoms with Crippen LogP contribution in [-0.4, -0.2) is 41.7 Å². The number of hydrogen-bond donors (Lipinski definition) is 3. The zero-order valence-corrected chi connectivity index (χ0v) is 28.8. The van der Waals surface area contributed by atoms with E-state index >= 15 is 0 Å². The number of unbranched alkanes of at least 4 members (excludes halogenated alkanes) is 3. The molecule has 250 valence electrons. The standard InChI is InChI=1S/C40H46N4O4/c1-8-11-12-13-18-44-37-21-32-25(6)30(15-17-40(47)48)36(43-32)20-35-29(14-16-39(45)46)24(5)31(41-35)19-34-27(9-2)23(4)33(42-34)22-38(44)28(10-3)26(37)7/h9-10,19-22,42H,2-3,8,11-18H2,1,4-7H3,(H,45,46)(H,47,48). The number of rotatable bonds is 13. The first-order chi connectivity index (χ1) is 23.0. The quantitative estimate of drug-likeness (QED) is 0.159. The second-order valence-electron chi connectivity index (χ2n) is 12.8. The Labute approximate surface area is 282 Å². The van der Waals surface area contributed by atoms with E-state index in [0.717, 1.165) is 104 Å². The van der Waals surface area contributed by atoms with Crippen LogP contribution >= 0.6 is 0 Å². The van der Waals surface area contributed by atoms with Crippen molar-refractivity contribution in [3.8, 4) is 0 Å². The van der Waals surface area contributed by atoms with Gasteiger partial charge < -0.3 is 19.8 Å². The van der Waals surface area contributed by atoms with E-state index in [4.69, 9.17) is 9.97 Å². The number of aryl methyl sites for hydroxylation is 3. The number of nitrogens with zero attached hydrogens (tertiary/aromatic N) is 3. The normalized spacial score (nSPS) is 12.9. The largest absolute Gasteiger partial charge is 0.481 e. The summed E-state index contributed by atoms with van der Waals surface area (Å²) in [6.45, 7) is 19.6. The molecule has 0 aliphatic carbocycles. The zero-order valence-electron chi connectivity index (χ0n) is 28.8. The fourth-order valence-electron chi connectivity index (χ4n) is 6.92. The van der Waals surface area contributed by atoms with Gasteiger partial charge >= 0.3 is 11.9 Å². The summed E-state index contributed by atoms with van der Waals surface area (Å²) >= 11 is 0. The van der Waals surface area contributed by atoms with E-state index in [9.17, 15) is 19.8 Å². The minimum atomic E-state index is -0.882. The summed E-state index contributed by atoms with van der Waals surface area (Å²) in [5, 5.41) is 19.2. The predicted molar refractivity (Wildman–Crippen MR) is 197 cm³/mol. The molecule has 0 atom stereocenters. The van der Waals surface area contributed by atoms with Crippen LogP contribution in [0.25, 0.3) is 56.5 Å². The molecule has 8 nitrogen and oxygen atoms in total. The van der Waals surface area contributed by atoms with Crippen molar-refractivity contribution in [1.82, 2.24) is 19.5 Å². The highest BCUT2D eigenvalue weighted by molar-refractivity contribution is 5.97. The maximum absolute atomic E-state index is 11.7. The third-order valence-corrected chi connectivity index (χ3v) is 9.72. The van der Waals surface area contributed by atoms with Gasteiger partial charge in [0, 0.05) is 47.1 Å². The van der Waals surface area contributed by atoms with Gasteiger partial charge in [-0.25, -0.2) is 9.97 Å². The molecule has 0 spiro atoms. The minimum absolute atomic E-state index is 0.0314. The van der Waals surface area contributed by atoms with Gasteiger partial charge in [0.2, 0.25) is 0 Å². The van der Waals surface area contributed by atoms with Gasteiger partial charge in [0.05, 0.1) is 28.3 Å². The average Bonchev–Trinajstić information content (AvgIpc) is 3.69. The Kier molecular flexibility index (Phi) is 10.3. The third-order valence-electron chi connectivity index (χ3n) is 9.72. The molecule has 8 bridgehead atoms. The van der Waals surface area contributed by atoms with Crippen molar-refractivity contribution in [2.45, 2.75) is 92.5 Å². The maximum atomic E-state index is 11.7. The van der Waals surface area contributed by atoms with Crippen molar-refractivity contribution >= 4 is 68.4 Å². The number of allylic oxidation sites excluding steroid dienone is 4. The second kappa shape index (κ2) is 14.4. The van der Waals surface area contributed by atoms with Gasteiger partial charge in [-0.2, -0.15) is 0 Å². The molecule has 3 N–H and O–H groups in total. The summed E-state index contributed by atoms with van der Waals surface area (Å²) in [5.41, 5.74) is 14.5. The topological polar surface area (TPSA) is 121 Å². The van der Waals surface area contributed by atoms with Gasteiger partial charge in [-0.15, -0.1) is 0 Å². The molecule has 0 saturated carbocycles. The van der Waals surface area contributed by atoms with E-state index in [1.165, 1.54) is 6.42 Å². The Morgan fingerprint density at radius 1 is 0.729 bits per heavy atom. The highest BCUT2D eigenvalue weighted by Gasteiger charge is 2.23. The molecular formula is C40H46N4O4. The third kappa shape index (κ3) is 6.70. The number of aromatic amines is 1. The molecule has 2 aliphatic heterocycles. The van der Waals surface area contributed by atoms with Crippen molar-refractivity contribution < 1.29 is 19.8 Å². The monoisotopic (exact) mass is 646 g/mol. The fraction of sp³-hybridized carbons (Fsp3) is 0.350. The Bertz CT molecular complexity index is 2050. The molecule has 3 aromatic heterocycles. The number of aromatic nitrogens is 4. The Morgan fingerprint density at radius 2 is 1.31 bits per heavy atom. The van der Waals surface area contributed by atoms with Gasteiger partial charge in [0.25, 0.3) is 0 Å². The maximum Gasteiger partial charge on any atom is 0.303 e. The van der Waals surface area contributed by atoms with Crippen LogP contribution in [-0.2, 0) is 16.1 Å². The molecule has 0 amide bonds. The molecule has 8 heteroatoms. The summed E-state index contributed by atoms with van der Waals surface area (Å²) in [6.07, 6.45) is 8.82. The second-order valence-corrected chi connectivity index (χ2v) is 12.8. The lowest BCUT2D eigenvalue weighted by atomic mass is 9.98. The average molecular weight is 647 g/mol. The lowest BCUT2D eigenvalue weighted by Gasteiger charge is -2.08. The number of carbonyl (C=O) groups is 2. The Hall–Kier alpha value is -4.98. The molecule has 0 unspecified atom stereocenters. The van der Waals surface area contributed by atoms with Crippen LogP contribution in [0, 0.1) is 13.8 Å². The lowest BCUT2D eigenvalue weighted by molar-refractivity contribution is -0.137. The van der Waals surface area contributed by atoms with Crippen LogP contribution in [0.5, 0.6) is 0 Å². The number of carboxylic acid groups (broad SMARTS) is 2. The van der Waals surface area contributed by atoms with Gasteiger partial charge in [-0.05, 0) is 105 Å². The van der Waals surface area contributed by atoms with Crippen LogP contribution in [0.15, 0.2) is 37.4 Å². The minimum Gasteiger partial charge on any atom is -0.481 e. The van der Waals surface area contributed by atoms with E-state index in [-0.39, 0.29) is 12.8 Å². The molecule has 0 radical (unpaired) electrons. The molecule has 2 aliphatic rings. The van der Waals surface area contributed by atoms with Gasteiger partial charge in [0.15, 0.2) is 0 Å². The molecule has 48 heavy (non-hydrogen) atoms. The van der Waals surface area contributed by atoms with E-state index in [0.29, 0.717) is 24.2 Å². The molecule has 3 aromatic rings. The lowest BCUT2D eigenvalue weighted by Crippen LogP contribution is -1.98. The zero-order chi connectivity index (χ0) is 34.7. The van der Waals surface area contributed by atoms with Crippen LogP contribution in [0.4, 0.5) is 0 Å².